The Balaban J connectivity index is 1.60. The summed E-state index contributed by atoms with van der Waals surface area (Å²) < 4.78 is 13.1. The molecule has 1 heterocycles. The lowest BCUT2D eigenvalue weighted by Crippen LogP contribution is -2.29. The molecule has 1 aromatic rings. The van der Waals surface area contributed by atoms with E-state index in [1.165, 1.54) is 12.1 Å². The maximum atomic E-state index is 13.1. The Hall–Kier alpha value is -1.91. The van der Waals surface area contributed by atoms with Crippen molar-refractivity contribution < 1.29 is 14.0 Å². The highest BCUT2D eigenvalue weighted by Crippen LogP contribution is 2.58. The zero-order chi connectivity index (χ0) is 15.0. The van der Waals surface area contributed by atoms with Gasteiger partial charge in [0.1, 0.15) is 5.82 Å². The summed E-state index contributed by atoms with van der Waals surface area (Å²) in [5, 5.41) is 2.77. The molecular weight excluding hydrogens is 271 g/mol. The van der Waals surface area contributed by atoms with Gasteiger partial charge in [0.2, 0.25) is 11.8 Å². The monoisotopic (exact) mass is 290 g/mol. The molecule has 0 radical (unpaired) electrons. The molecule has 2 unspecified atom stereocenters. The molecule has 4 nitrogen and oxygen atoms in total. The normalized spacial score (nSPS) is 27.0. The molecule has 3 rings (SSSR count). The molecule has 1 saturated carbocycles. The summed E-state index contributed by atoms with van der Waals surface area (Å²) >= 11 is 0. The summed E-state index contributed by atoms with van der Waals surface area (Å²) in [6.45, 7) is 3.28. The van der Waals surface area contributed by atoms with Crippen molar-refractivity contribution in [1.82, 2.24) is 4.90 Å². The first-order valence-electron chi connectivity index (χ1n) is 7.38. The number of hydrogen-bond donors (Lipinski definition) is 1. The van der Waals surface area contributed by atoms with Crippen molar-refractivity contribution in [3.05, 3.63) is 30.1 Å². The molecule has 1 spiro atoms. The molecule has 2 amide bonds. The predicted molar refractivity (Wildman–Crippen MR) is 77.1 cm³/mol. The van der Waals surface area contributed by atoms with E-state index in [0.29, 0.717) is 18.7 Å². The third kappa shape index (κ3) is 2.64. The molecule has 0 aromatic heterocycles. The molecule has 1 aromatic carbocycles. The minimum absolute atomic E-state index is 0.0394. The summed E-state index contributed by atoms with van der Waals surface area (Å²) in [6, 6.07) is 5.91. The highest BCUT2D eigenvalue weighted by molar-refractivity contribution is 5.95. The number of benzene rings is 1. The average Bonchev–Trinajstić information content (AvgIpc) is 2.99. The lowest BCUT2D eigenvalue weighted by atomic mass is 10.0. The minimum atomic E-state index is -0.362. The van der Waals surface area contributed by atoms with Gasteiger partial charge in [-0.1, -0.05) is 13.0 Å². The smallest absolute Gasteiger partial charge is 0.228 e. The number of amides is 2. The van der Waals surface area contributed by atoms with Crippen LogP contribution in [-0.2, 0) is 9.59 Å². The number of anilines is 1. The number of likely N-dealkylation sites (tertiary alicyclic amines) is 1. The Morgan fingerprint density at radius 2 is 2.29 bits per heavy atom. The van der Waals surface area contributed by atoms with Crippen LogP contribution >= 0.6 is 0 Å². The predicted octanol–water partition coefficient (Wildman–Crippen LogP) is 2.41. The van der Waals surface area contributed by atoms with Gasteiger partial charge in [0.05, 0.1) is 0 Å². The zero-order valence-electron chi connectivity index (χ0n) is 12.1. The average molecular weight is 290 g/mol. The standard InChI is InChI=1S/C16H19FN2O2/c1-2-14(20)19-7-6-16(10-19)9-13(16)15(21)18-12-5-3-4-11(17)8-12/h3-5,8,13H,2,6-7,9-10H2,1H3,(H,18,21). The summed E-state index contributed by atoms with van der Waals surface area (Å²) in [6.07, 6.45) is 2.22. The summed E-state index contributed by atoms with van der Waals surface area (Å²) in [7, 11) is 0. The first-order valence-corrected chi connectivity index (χ1v) is 7.38. The summed E-state index contributed by atoms with van der Waals surface area (Å²) in [5.74, 6) is -0.330. The van der Waals surface area contributed by atoms with Crippen LogP contribution in [0.25, 0.3) is 0 Å². The first-order chi connectivity index (χ1) is 10.0. The van der Waals surface area contributed by atoms with E-state index in [1.54, 1.807) is 12.1 Å². The minimum Gasteiger partial charge on any atom is -0.342 e. The van der Waals surface area contributed by atoms with Crippen molar-refractivity contribution in [3.8, 4) is 0 Å². The van der Waals surface area contributed by atoms with Crippen LogP contribution in [-0.4, -0.2) is 29.8 Å². The van der Waals surface area contributed by atoms with E-state index < -0.39 is 0 Å². The van der Waals surface area contributed by atoms with Crippen LogP contribution in [0.2, 0.25) is 0 Å². The van der Waals surface area contributed by atoms with Gasteiger partial charge in [-0.25, -0.2) is 4.39 Å². The molecule has 1 saturated heterocycles. The van der Waals surface area contributed by atoms with Gasteiger partial charge in [0.15, 0.2) is 0 Å². The molecule has 21 heavy (non-hydrogen) atoms. The van der Waals surface area contributed by atoms with Gasteiger partial charge in [0, 0.05) is 36.5 Å². The highest BCUT2D eigenvalue weighted by Gasteiger charge is 2.61. The second-order valence-corrected chi connectivity index (χ2v) is 6.04. The summed E-state index contributed by atoms with van der Waals surface area (Å²) in [5.41, 5.74) is 0.448. The van der Waals surface area contributed by atoms with Crippen molar-refractivity contribution in [2.45, 2.75) is 26.2 Å². The van der Waals surface area contributed by atoms with Crippen molar-refractivity contribution in [1.29, 1.82) is 0 Å². The highest BCUT2D eigenvalue weighted by atomic mass is 19.1. The summed E-state index contributed by atoms with van der Waals surface area (Å²) in [4.78, 5) is 25.8. The van der Waals surface area contributed by atoms with Gasteiger partial charge in [-0.15, -0.1) is 0 Å². The molecule has 2 atom stereocenters. The molecule has 2 aliphatic rings. The quantitative estimate of drug-likeness (QED) is 0.929. The Morgan fingerprint density at radius 3 is 3.00 bits per heavy atom. The van der Waals surface area contributed by atoms with E-state index in [2.05, 4.69) is 5.32 Å². The van der Waals surface area contributed by atoms with E-state index in [4.69, 9.17) is 0 Å². The van der Waals surface area contributed by atoms with Gasteiger partial charge < -0.3 is 10.2 Å². The lowest BCUT2D eigenvalue weighted by molar-refractivity contribution is -0.130. The van der Waals surface area contributed by atoms with Crippen molar-refractivity contribution in [2.75, 3.05) is 18.4 Å². The number of hydrogen-bond acceptors (Lipinski definition) is 2. The Labute approximate surface area is 123 Å². The fourth-order valence-electron chi connectivity index (χ4n) is 3.30. The maximum absolute atomic E-state index is 13.1. The third-order valence-electron chi connectivity index (χ3n) is 4.64. The number of nitrogens with one attached hydrogen (secondary N) is 1. The van der Waals surface area contributed by atoms with E-state index >= 15 is 0 Å². The third-order valence-corrected chi connectivity index (χ3v) is 4.64. The first kappa shape index (κ1) is 14.0. The van der Waals surface area contributed by atoms with Crippen LogP contribution in [0.3, 0.4) is 0 Å². The van der Waals surface area contributed by atoms with E-state index in [1.807, 2.05) is 11.8 Å². The van der Waals surface area contributed by atoms with E-state index in [0.717, 1.165) is 19.4 Å². The molecular formula is C16H19FN2O2. The molecule has 112 valence electrons. The number of nitrogens with zero attached hydrogens (tertiary/aromatic N) is 1. The van der Waals surface area contributed by atoms with Crippen molar-refractivity contribution in [3.63, 3.8) is 0 Å². The Bertz CT molecular complexity index is 589. The van der Waals surface area contributed by atoms with Crippen LogP contribution in [0.15, 0.2) is 24.3 Å². The molecule has 2 fully saturated rings. The molecule has 0 bridgehead atoms. The van der Waals surface area contributed by atoms with Crippen LogP contribution in [0, 0.1) is 17.2 Å². The second-order valence-electron chi connectivity index (χ2n) is 6.04. The van der Waals surface area contributed by atoms with Gasteiger partial charge in [0.25, 0.3) is 0 Å². The van der Waals surface area contributed by atoms with Gasteiger partial charge >= 0.3 is 0 Å². The van der Waals surface area contributed by atoms with Crippen molar-refractivity contribution >= 4 is 17.5 Å². The SMILES string of the molecule is CCC(=O)N1CCC2(CC2C(=O)Nc2cccc(F)c2)C1. The Morgan fingerprint density at radius 1 is 1.48 bits per heavy atom. The lowest BCUT2D eigenvalue weighted by Gasteiger charge is -2.15. The fraction of sp³-hybridized carbons (Fsp3) is 0.500. The number of carbonyl (C=O) groups excluding carboxylic acids is 2. The van der Waals surface area contributed by atoms with Gasteiger partial charge in [-0.3, -0.25) is 9.59 Å². The zero-order valence-corrected chi connectivity index (χ0v) is 12.1. The van der Waals surface area contributed by atoms with Crippen LogP contribution in [0.1, 0.15) is 26.2 Å². The topological polar surface area (TPSA) is 49.4 Å². The maximum Gasteiger partial charge on any atom is 0.228 e. The van der Waals surface area contributed by atoms with E-state index in [9.17, 15) is 14.0 Å². The van der Waals surface area contributed by atoms with E-state index in [-0.39, 0.29) is 29.0 Å². The number of rotatable bonds is 3. The van der Waals surface area contributed by atoms with Crippen LogP contribution in [0.5, 0.6) is 0 Å². The van der Waals surface area contributed by atoms with Crippen molar-refractivity contribution in [2.24, 2.45) is 11.3 Å². The van der Waals surface area contributed by atoms with Gasteiger partial charge in [-0.2, -0.15) is 0 Å². The fourth-order valence-corrected chi connectivity index (χ4v) is 3.30. The largest absolute Gasteiger partial charge is 0.342 e. The Kier molecular flexibility index (Phi) is 3.43. The molecule has 5 heteroatoms. The molecule has 1 aliphatic carbocycles. The molecule has 1 N–H and O–H groups in total. The second kappa shape index (κ2) is 5.13. The van der Waals surface area contributed by atoms with Gasteiger partial charge in [-0.05, 0) is 31.0 Å². The van der Waals surface area contributed by atoms with Crippen LogP contribution < -0.4 is 5.32 Å². The number of halogens is 1. The number of carbonyl (C=O) groups is 2. The van der Waals surface area contributed by atoms with Crippen LogP contribution in [0.4, 0.5) is 10.1 Å². The molecule has 1 aliphatic heterocycles.